The lowest BCUT2D eigenvalue weighted by molar-refractivity contribution is -0.128. The number of amides is 1. The summed E-state index contributed by atoms with van der Waals surface area (Å²) in [5.74, 6) is 1.85. The quantitative estimate of drug-likeness (QED) is 0.827. The van der Waals surface area contributed by atoms with E-state index in [1.54, 1.807) is 11.8 Å². The molecule has 1 unspecified atom stereocenters. The number of amidine groups is 1. The maximum Gasteiger partial charge on any atom is 0.244 e. The second-order valence-corrected chi connectivity index (χ2v) is 6.02. The van der Waals surface area contributed by atoms with Crippen LogP contribution in [0.5, 0.6) is 0 Å². The van der Waals surface area contributed by atoms with Gasteiger partial charge in [-0.25, -0.2) is 0 Å². The fourth-order valence-corrected chi connectivity index (χ4v) is 3.26. The molecule has 1 atom stereocenters. The van der Waals surface area contributed by atoms with Gasteiger partial charge < -0.3 is 10.2 Å². The molecule has 0 aromatic heterocycles. The molecule has 2 aliphatic heterocycles. The summed E-state index contributed by atoms with van der Waals surface area (Å²) in [5.41, 5.74) is 0. The first-order valence-corrected chi connectivity index (χ1v) is 7.37. The predicted molar refractivity (Wildman–Crippen MR) is 72.3 cm³/mol. The van der Waals surface area contributed by atoms with E-state index < -0.39 is 0 Å². The van der Waals surface area contributed by atoms with Gasteiger partial charge in [-0.2, -0.15) is 0 Å². The minimum Gasteiger partial charge on any atom is -0.361 e. The number of carbonyl (C=O) groups is 1. The van der Waals surface area contributed by atoms with Gasteiger partial charge in [-0.1, -0.05) is 25.6 Å². The number of nitrogens with zero attached hydrogens (tertiary/aromatic N) is 2. The molecule has 4 nitrogen and oxygen atoms in total. The highest BCUT2D eigenvalue weighted by Crippen LogP contribution is 2.19. The minimum atomic E-state index is 0.172. The molecule has 5 heteroatoms. The Morgan fingerprint density at radius 1 is 1.53 bits per heavy atom. The van der Waals surface area contributed by atoms with Crippen molar-refractivity contribution in [2.75, 3.05) is 25.4 Å². The molecular formula is C12H21N3OS. The minimum absolute atomic E-state index is 0.172. The van der Waals surface area contributed by atoms with E-state index in [0.717, 1.165) is 36.9 Å². The third kappa shape index (κ3) is 3.37. The zero-order valence-corrected chi connectivity index (χ0v) is 11.4. The third-order valence-electron chi connectivity index (χ3n) is 3.33. The fraction of sp³-hybridized carbons (Fsp3) is 0.833. The summed E-state index contributed by atoms with van der Waals surface area (Å²) in [4.78, 5) is 18.1. The number of nitrogens with one attached hydrogen (secondary N) is 1. The van der Waals surface area contributed by atoms with Crippen molar-refractivity contribution in [2.24, 2.45) is 10.9 Å². The van der Waals surface area contributed by atoms with Crippen molar-refractivity contribution < 1.29 is 4.79 Å². The largest absolute Gasteiger partial charge is 0.361 e. The molecule has 0 aromatic rings. The highest BCUT2D eigenvalue weighted by molar-refractivity contribution is 8.14. The summed E-state index contributed by atoms with van der Waals surface area (Å²) < 4.78 is 0. The van der Waals surface area contributed by atoms with Crippen LogP contribution in [0.3, 0.4) is 0 Å². The first-order valence-electron chi connectivity index (χ1n) is 6.38. The highest BCUT2D eigenvalue weighted by atomic mass is 32.2. The number of rotatable bonds is 3. The van der Waals surface area contributed by atoms with Gasteiger partial charge in [-0.15, -0.1) is 0 Å². The standard InChI is InChI=1S/C12H21N3OS/c1-9(2)10-8-17-12(14-10)13-7-11(16)15-5-3-4-6-15/h9-10H,3-8H2,1-2H3,(H,13,14). The maximum atomic E-state index is 11.8. The Hall–Kier alpha value is -0.710. The summed E-state index contributed by atoms with van der Waals surface area (Å²) >= 11 is 1.73. The molecule has 0 spiro atoms. The number of thioether (sulfide) groups is 1. The molecule has 0 saturated carbocycles. The lowest BCUT2D eigenvalue weighted by Gasteiger charge is -2.14. The summed E-state index contributed by atoms with van der Waals surface area (Å²) in [6, 6.07) is 0.501. The van der Waals surface area contributed by atoms with Crippen LogP contribution in [0.2, 0.25) is 0 Å². The van der Waals surface area contributed by atoms with E-state index in [0.29, 0.717) is 18.5 Å². The van der Waals surface area contributed by atoms with Gasteiger partial charge in [0, 0.05) is 24.9 Å². The van der Waals surface area contributed by atoms with E-state index in [1.165, 1.54) is 0 Å². The van der Waals surface area contributed by atoms with Crippen LogP contribution in [-0.4, -0.2) is 47.4 Å². The number of hydrogen-bond acceptors (Lipinski definition) is 3. The van der Waals surface area contributed by atoms with E-state index in [9.17, 15) is 4.79 Å². The first kappa shape index (κ1) is 12.7. The van der Waals surface area contributed by atoms with Crippen molar-refractivity contribution in [1.82, 2.24) is 10.2 Å². The van der Waals surface area contributed by atoms with Crippen molar-refractivity contribution in [2.45, 2.75) is 32.7 Å². The van der Waals surface area contributed by atoms with Gasteiger partial charge in [0.25, 0.3) is 0 Å². The van der Waals surface area contributed by atoms with Gasteiger partial charge in [0.05, 0.1) is 0 Å². The second-order valence-electron chi connectivity index (χ2n) is 5.02. The van der Waals surface area contributed by atoms with Crippen molar-refractivity contribution >= 4 is 22.8 Å². The molecule has 2 saturated heterocycles. The Kier molecular flexibility index (Phi) is 4.31. The molecule has 17 heavy (non-hydrogen) atoms. The van der Waals surface area contributed by atoms with Crippen LogP contribution in [0, 0.1) is 5.92 Å². The number of aliphatic imine (C=N–C) groups is 1. The van der Waals surface area contributed by atoms with Crippen molar-refractivity contribution in [3.8, 4) is 0 Å². The number of hydrogen-bond donors (Lipinski definition) is 1. The Balaban J connectivity index is 1.79. The van der Waals surface area contributed by atoms with Crippen LogP contribution >= 0.6 is 11.8 Å². The van der Waals surface area contributed by atoms with Gasteiger partial charge in [0.1, 0.15) is 6.54 Å². The summed E-state index contributed by atoms with van der Waals surface area (Å²) in [6.07, 6.45) is 2.29. The van der Waals surface area contributed by atoms with Crippen LogP contribution in [0.15, 0.2) is 4.99 Å². The zero-order valence-electron chi connectivity index (χ0n) is 10.6. The molecule has 96 valence electrons. The second kappa shape index (κ2) is 5.76. The summed E-state index contributed by atoms with van der Waals surface area (Å²) in [6.45, 7) is 6.55. The molecule has 2 aliphatic rings. The van der Waals surface area contributed by atoms with Gasteiger partial charge in [-0.3, -0.25) is 9.79 Å². The van der Waals surface area contributed by atoms with E-state index >= 15 is 0 Å². The fourth-order valence-electron chi connectivity index (χ4n) is 2.07. The van der Waals surface area contributed by atoms with Gasteiger partial charge >= 0.3 is 0 Å². The molecule has 0 radical (unpaired) electrons. The molecule has 2 rings (SSSR count). The Labute approximate surface area is 107 Å². The van der Waals surface area contributed by atoms with E-state index in [-0.39, 0.29) is 5.91 Å². The average molecular weight is 255 g/mol. The predicted octanol–water partition coefficient (Wildman–Crippen LogP) is 1.33. The highest BCUT2D eigenvalue weighted by Gasteiger charge is 2.23. The summed E-state index contributed by atoms with van der Waals surface area (Å²) in [5, 5.41) is 4.32. The Morgan fingerprint density at radius 2 is 2.24 bits per heavy atom. The smallest absolute Gasteiger partial charge is 0.244 e. The molecular weight excluding hydrogens is 234 g/mol. The number of likely N-dealkylation sites (tertiary alicyclic amines) is 1. The summed E-state index contributed by atoms with van der Waals surface area (Å²) in [7, 11) is 0. The Morgan fingerprint density at radius 3 is 2.82 bits per heavy atom. The number of carbonyl (C=O) groups excluding carboxylic acids is 1. The zero-order chi connectivity index (χ0) is 12.3. The lowest BCUT2D eigenvalue weighted by Crippen LogP contribution is -2.33. The molecule has 1 amide bonds. The van der Waals surface area contributed by atoms with Crippen LogP contribution in [-0.2, 0) is 4.79 Å². The van der Waals surface area contributed by atoms with Crippen LogP contribution in [0.1, 0.15) is 26.7 Å². The molecule has 0 aliphatic carbocycles. The van der Waals surface area contributed by atoms with Crippen molar-refractivity contribution in [3.63, 3.8) is 0 Å². The topological polar surface area (TPSA) is 44.7 Å². The third-order valence-corrected chi connectivity index (χ3v) is 4.38. The molecule has 2 fully saturated rings. The molecule has 1 N–H and O–H groups in total. The Bertz CT molecular complexity index is 311. The van der Waals surface area contributed by atoms with E-state index in [4.69, 9.17) is 0 Å². The van der Waals surface area contributed by atoms with Gasteiger partial charge in [-0.05, 0) is 18.8 Å². The molecule has 0 bridgehead atoms. The van der Waals surface area contributed by atoms with Crippen LogP contribution in [0.25, 0.3) is 0 Å². The SMILES string of the molecule is CC(C)C1CSC(=NCC(=O)N2CCCC2)N1. The van der Waals surface area contributed by atoms with Crippen LogP contribution < -0.4 is 5.32 Å². The lowest BCUT2D eigenvalue weighted by atomic mass is 10.1. The monoisotopic (exact) mass is 255 g/mol. The molecule has 0 aromatic carbocycles. The van der Waals surface area contributed by atoms with Crippen molar-refractivity contribution in [3.05, 3.63) is 0 Å². The van der Waals surface area contributed by atoms with Crippen molar-refractivity contribution in [1.29, 1.82) is 0 Å². The van der Waals surface area contributed by atoms with Gasteiger partial charge in [0.2, 0.25) is 5.91 Å². The first-order chi connectivity index (χ1) is 8.16. The van der Waals surface area contributed by atoms with E-state index in [2.05, 4.69) is 24.2 Å². The van der Waals surface area contributed by atoms with Crippen LogP contribution in [0.4, 0.5) is 0 Å². The normalized spacial score (nSPS) is 26.9. The van der Waals surface area contributed by atoms with E-state index in [1.807, 2.05) is 4.90 Å². The average Bonchev–Trinajstić information content (AvgIpc) is 2.97. The maximum absolute atomic E-state index is 11.8. The molecule has 2 heterocycles. The van der Waals surface area contributed by atoms with Gasteiger partial charge in [0.15, 0.2) is 5.17 Å².